The maximum Gasteiger partial charge on any atom is 0.421 e. The summed E-state index contributed by atoms with van der Waals surface area (Å²) in [4.78, 5) is 69.5. The largest absolute Gasteiger partial charge is 0.497 e. The van der Waals surface area contributed by atoms with Crippen molar-refractivity contribution < 1.29 is 48.0 Å². The Hall–Kier alpha value is -7.83. The highest BCUT2D eigenvalue weighted by molar-refractivity contribution is 6.23. The molecule has 350 valence electrons. The summed E-state index contributed by atoms with van der Waals surface area (Å²) in [6.45, 7) is -0.473. The Labute approximate surface area is 399 Å². The van der Waals surface area contributed by atoms with Gasteiger partial charge in [-0.15, -0.1) is 0 Å². The fourth-order valence-electron chi connectivity index (χ4n) is 9.99. The molecule has 6 unspecified atom stereocenters. The van der Waals surface area contributed by atoms with Crippen LogP contribution in [-0.4, -0.2) is 92.1 Å². The van der Waals surface area contributed by atoms with E-state index in [0.717, 1.165) is 10.5 Å². The second-order valence-corrected chi connectivity index (χ2v) is 16.7. The number of aliphatic hydroxyl groups is 1. The van der Waals surface area contributed by atoms with Gasteiger partial charge in [-0.25, -0.2) is 9.69 Å². The van der Waals surface area contributed by atoms with Gasteiger partial charge in [-0.2, -0.15) is 0 Å². The first-order valence-electron chi connectivity index (χ1n) is 22.7. The molecular weight excluding hydrogens is 877 g/mol. The van der Waals surface area contributed by atoms with Gasteiger partial charge in [-0.05, 0) is 77.4 Å². The molecule has 3 aliphatic heterocycles. The molecule has 0 radical (unpaired) electrons. The van der Waals surface area contributed by atoms with E-state index < -0.39 is 59.4 Å². The summed E-state index contributed by atoms with van der Waals surface area (Å²) in [5, 5.41) is 13.2. The minimum absolute atomic E-state index is 0.0481. The number of methoxy groups -OCH3 is 2. The zero-order valence-electron chi connectivity index (χ0n) is 38.0. The Bertz CT molecular complexity index is 2870. The molecule has 69 heavy (non-hydrogen) atoms. The van der Waals surface area contributed by atoms with Crippen molar-refractivity contribution in [2.75, 3.05) is 52.1 Å². The molecule has 1 spiro atoms. The molecule has 9 rings (SSSR count). The third kappa shape index (κ3) is 8.79. The van der Waals surface area contributed by atoms with Gasteiger partial charge in [0.15, 0.2) is 0 Å². The number of morpholine rings is 1. The maximum atomic E-state index is 16.5. The molecule has 3 aliphatic rings. The highest BCUT2D eigenvalue weighted by Gasteiger charge is 2.76. The molecule has 0 bridgehead atoms. The van der Waals surface area contributed by atoms with E-state index in [9.17, 15) is 9.90 Å². The molecule has 6 atom stereocenters. The van der Waals surface area contributed by atoms with Crippen molar-refractivity contribution in [3.05, 3.63) is 191 Å². The predicted molar refractivity (Wildman–Crippen MR) is 254 cm³/mol. The summed E-state index contributed by atoms with van der Waals surface area (Å²) in [6, 6.07) is 40.1. The van der Waals surface area contributed by atoms with Crippen molar-refractivity contribution >= 4 is 29.6 Å². The van der Waals surface area contributed by atoms with E-state index in [-0.39, 0.29) is 44.2 Å². The van der Waals surface area contributed by atoms with E-state index in [1.807, 2.05) is 89.8 Å². The third-order valence-electron chi connectivity index (χ3n) is 12.8. The third-order valence-corrected chi connectivity index (χ3v) is 12.8. The molecule has 14 heteroatoms. The van der Waals surface area contributed by atoms with Crippen LogP contribution in [0.1, 0.15) is 57.3 Å². The van der Waals surface area contributed by atoms with Gasteiger partial charge in [0.25, 0.3) is 0 Å². The van der Waals surface area contributed by atoms with Gasteiger partial charge >= 0.3 is 12.1 Å². The van der Waals surface area contributed by atoms with E-state index in [2.05, 4.69) is 22.1 Å². The smallest absolute Gasteiger partial charge is 0.421 e. The number of carbonyl (C=O) groups is 4. The number of pyridine rings is 1. The number of amides is 3. The van der Waals surface area contributed by atoms with Crippen LogP contribution < -0.4 is 19.7 Å². The number of nitrogens with zero attached hydrogens (tertiary/aromatic N) is 3. The first kappa shape index (κ1) is 46.3. The fourth-order valence-corrected chi connectivity index (χ4v) is 9.99. The summed E-state index contributed by atoms with van der Waals surface area (Å²) in [5.74, 6) is 3.65. The Balaban J connectivity index is 1.34. The minimum atomic E-state index is -2.09. The summed E-state index contributed by atoms with van der Waals surface area (Å²) < 4.78 is 29.2. The summed E-state index contributed by atoms with van der Waals surface area (Å²) >= 11 is 0. The quantitative estimate of drug-likeness (QED) is 0.0679. The minimum Gasteiger partial charge on any atom is -0.497 e. The Morgan fingerprint density at radius 3 is 2.19 bits per heavy atom. The van der Waals surface area contributed by atoms with Crippen LogP contribution in [-0.2, 0) is 40.4 Å². The van der Waals surface area contributed by atoms with Crippen molar-refractivity contribution in [1.82, 2.24) is 15.2 Å². The van der Waals surface area contributed by atoms with Crippen molar-refractivity contribution in [2.45, 2.75) is 36.1 Å². The second kappa shape index (κ2) is 20.6. The number of cyclic esters (lactones) is 1. The number of fused-ring (bicyclic) bond motifs is 3. The van der Waals surface area contributed by atoms with Crippen LogP contribution in [0.4, 0.5) is 10.5 Å². The zero-order chi connectivity index (χ0) is 47.9. The van der Waals surface area contributed by atoms with Crippen LogP contribution in [0.15, 0.2) is 152 Å². The normalized spacial score (nSPS) is 21.4. The number of esters is 1. The van der Waals surface area contributed by atoms with Crippen molar-refractivity contribution in [3.63, 3.8) is 0 Å². The van der Waals surface area contributed by atoms with Crippen LogP contribution in [0.2, 0.25) is 0 Å². The van der Waals surface area contributed by atoms with Gasteiger partial charge in [0.05, 0.1) is 44.0 Å². The van der Waals surface area contributed by atoms with E-state index in [1.165, 1.54) is 7.11 Å². The number of aromatic nitrogens is 1. The van der Waals surface area contributed by atoms with Gasteiger partial charge in [0, 0.05) is 48.7 Å². The van der Waals surface area contributed by atoms with Gasteiger partial charge in [0.2, 0.25) is 11.8 Å². The lowest BCUT2D eigenvalue weighted by Gasteiger charge is -2.46. The molecule has 4 heterocycles. The molecule has 3 amide bonds. The lowest BCUT2D eigenvalue weighted by Crippen LogP contribution is -2.56. The Morgan fingerprint density at radius 2 is 1.48 bits per heavy atom. The molecule has 1 aromatic heterocycles. The number of nitrogens with one attached hydrogen (secondary N) is 1. The number of ether oxygens (including phenoxy) is 5. The highest BCUT2D eigenvalue weighted by Crippen LogP contribution is 2.66. The zero-order valence-corrected chi connectivity index (χ0v) is 38.0. The number of carbonyl (C=O) groups excluding carboxylic acids is 4. The number of para-hydroxylation sites is 1. The van der Waals surface area contributed by atoms with E-state index in [4.69, 9.17) is 23.7 Å². The SMILES string of the molecule is COCCOC(=O)N1C(=O)C2(c3cc(C#Cc4ccc(OC)cc4)ccc31)C(C(=O)NCCc1ccccn1)C1C(=O)OC(c3ccccc3)C(c3ccccc3)N1C2c1ccccc1OCCO. The summed E-state index contributed by atoms with van der Waals surface area (Å²) in [7, 11) is 3.04. The molecule has 0 saturated carbocycles. The lowest BCUT2D eigenvalue weighted by atomic mass is 9.65. The molecule has 5 aromatic carbocycles. The van der Waals surface area contributed by atoms with Crippen molar-refractivity contribution in [1.29, 1.82) is 0 Å². The number of hydrogen-bond donors (Lipinski definition) is 2. The van der Waals surface area contributed by atoms with Crippen LogP contribution in [0, 0.1) is 17.8 Å². The Morgan fingerprint density at radius 1 is 0.783 bits per heavy atom. The Kier molecular flexibility index (Phi) is 13.8. The van der Waals surface area contributed by atoms with E-state index in [0.29, 0.717) is 45.9 Å². The number of rotatable bonds is 14. The van der Waals surface area contributed by atoms with Gasteiger partial charge in [-0.1, -0.05) is 96.8 Å². The van der Waals surface area contributed by atoms with Crippen LogP contribution >= 0.6 is 0 Å². The standard InChI is InChI=1S/C55H50N4O10/c1-65-33-34-68-54(64)58-44-27-24-37(21-20-36-22-25-41(66-2)26-23-36)35-43(44)55(53(58)63)46(51(61)57-30-28-40-17-11-12-29-56-40)48-52(62)69-49(39-15-7-4-8-16-39)47(38-13-5-3-6-14-38)59(48)50(55)42-18-9-10-19-45(42)67-32-31-60/h3-19,22-27,29,35,46-50,60H,28,30-34H2,1-2H3,(H,57,61). The number of hydrogen-bond acceptors (Lipinski definition) is 12. The van der Waals surface area contributed by atoms with Gasteiger partial charge < -0.3 is 34.1 Å². The molecule has 2 N–H and O–H groups in total. The summed E-state index contributed by atoms with van der Waals surface area (Å²) in [5.41, 5.74) is 2.00. The number of aliphatic hydroxyl groups excluding tert-OH is 1. The second-order valence-electron chi connectivity index (χ2n) is 16.7. The summed E-state index contributed by atoms with van der Waals surface area (Å²) in [6.07, 6.45) is 0.0551. The lowest BCUT2D eigenvalue weighted by molar-refractivity contribution is -0.178. The van der Waals surface area contributed by atoms with E-state index >= 15 is 14.4 Å². The maximum absolute atomic E-state index is 16.5. The van der Waals surface area contributed by atoms with Gasteiger partial charge in [0.1, 0.15) is 42.3 Å². The number of benzene rings is 5. The first-order chi connectivity index (χ1) is 33.8. The monoisotopic (exact) mass is 926 g/mol. The number of anilines is 1. The molecule has 2 saturated heterocycles. The van der Waals surface area contributed by atoms with Crippen LogP contribution in [0.5, 0.6) is 11.5 Å². The van der Waals surface area contributed by atoms with E-state index in [1.54, 1.807) is 74.0 Å². The van der Waals surface area contributed by atoms with Gasteiger partial charge in [-0.3, -0.25) is 24.3 Å². The fraction of sp³-hybridized carbons (Fsp3) is 0.255. The van der Waals surface area contributed by atoms with Crippen LogP contribution in [0.3, 0.4) is 0 Å². The average Bonchev–Trinajstić information content (AvgIpc) is 3.84. The van der Waals surface area contributed by atoms with Crippen molar-refractivity contribution in [3.8, 4) is 23.3 Å². The molecule has 0 aliphatic carbocycles. The molecular formula is C55H50N4O10. The predicted octanol–water partition coefficient (Wildman–Crippen LogP) is 6.67. The first-order valence-corrected chi connectivity index (χ1v) is 22.7. The molecule has 14 nitrogen and oxygen atoms in total. The van der Waals surface area contributed by atoms with Crippen molar-refractivity contribution in [2.24, 2.45) is 5.92 Å². The number of imide groups is 1. The highest BCUT2D eigenvalue weighted by atomic mass is 16.6. The van der Waals surface area contributed by atoms with Crippen LogP contribution in [0.25, 0.3) is 0 Å². The molecule has 2 fully saturated rings. The average molecular weight is 927 g/mol. The molecule has 6 aromatic rings. The topological polar surface area (TPSA) is 166 Å².